The number of benzene rings is 2. The van der Waals surface area contributed by atoms with Crippen molar-refractivity contribution < 1.29 is 29.7 Å². The number of carbonyl (C=O) groups is 3. The first-order valence-corrected chi connectivity index (χ1v) is 10.8. The lowest BCUT2D eigenvalue weighted by Gasteiger charge is -2.30. The first-order valence-electron chi connectivity index (χ1n) is 10.8. The van der Waals surface area contributed by atoms with Crippen molar-refractivity contribution in [2.75, 3.05) is 19.6 Å². The molecule has 32 heavy (non-hydrogen) atoms. The number of fused-ring (bicyclic) bond motifs is 3. The Morgan fingerprint density at radius 2 is 1.72 bits per heavy atom. The highest BCUT2D eigenvalue weighted by Crippen LogP contribution is 2.47. The number of hydrogen-bond acceptors (Lipinski definition) is 7. The fraction of sp³-hybridized carbons (Fsp3) is 0.320. The predicted octanol–water partition coefficient (Wildman–Crippen LogP) is 2.51. The molecule has 2 aliphatic carbocycles. The van der Waals surface area contributed by atoms with Gasteiger partial charge in [0.05, 0.1) is 23.2 Å². The second-order valence-corrected chi connectivity index (χ2v) is 8.66. The molecule has 1 heterocycles. The number of carbonyl (C=O) groups excluding carboxylic acids is 3. The Hall–Kier alpha value is -3.45. The highest BCUT2D eigenvalue weighted by atomic mass is 16.3. The number of hydrogen-bond donors (Lipinski definition) is 3. The molecule has 3 aliphatic rings. The smallest absolute Gasteiger partial charge is 0.202 e. The molecule has 0 saturated heterocycles. The molecule has 0 amide bonds. The second kappa shape index (κ2) is 7.60. The quantitative estimate of drug-likeness (QED) is 0.429. The van der Waals surface area contributed by atoms with Crippen molar-refractivity contribution in [1.82, 2.24) is 4.90 Å². The van der Waals surface area contributed by atoms with Crippen LogP contribution >= 0.6 is 0 Å². The van der Waals surface area contributed by atoms with Crippen LogP contribution in [0.25, 0.3) is 0 Å². The molecule has 3 N–H and O–H groups in total. The molecule has 5 rings (SSSR count). The normalized spacial score (nSPS) is 19.9. The van der Waals surface area contributed by atoms with Gasteiger partial charge in [0.25, 0.3) is 0 Å². The van der Waals surface area contributed by atoms with Crippen LogP contribution in [0.2, 0.25) is 0 Å². The van der Waals surface area contributed by atoms with Crippen molar-refractivity contribution in [3.05, 3.63) is 63.7 Å². The van der Waals surface area contributed by atoms with Crippen LogP contribution in [-0.4, -0.2) is 57.2 Å². The highest BCUT2D eigenvalue weighted by molar-refractivity contribution is 6.31. The Morgan fingerprint density at radius 1 is 0.969 bits per heavy atom. The monoisotopic (exact) mass is 433 g/mol. The zero-order chi connectivity index (χ0) is 22.6. The zero-order valence-corrected chi connectivity index (χ0v) is 17.4. The molecule has 164 valence electrons. The van der Waals surface area contributed by atoms with Gasteiger partial charge in [0.15, 0.2) is 5.78 Å². The van der Waals surface area contributed by atoms with Crippen LogP contribution in [0, 0.1) is 5.92 Å². The second-order valence-electron chi connectivity index (χ2n) is 8.66. The van der Waals surface area contributed by atoms with Gasteiger partial charge >= 0.3 is 0 Å². The third kappa shape index (κ3) is 3.04. The summed E-state index contributed by atoms with van der Waals surface area (Å²) in [5.74, 6) is -2.62. The van der Waals surface area contributed by atoms with Gasteiger partial charge in [0, 0.05) is 35.7 Å². The van der Waals surface area contributed by atoms with Crippen LogP contribution < -0.4 is 0 Å². The molecule has 0 saturated carbocycles. The summed E-state index contributed by atoms with van der Waals surface area (Å²) in [5, 5.41) is 32.1. The minimum atomic E-state index is -0.695. The van der Waals surface area contributed by atoms with Crippen LogP contribution in [0.1, 0.15) is 55.8 Å². The SMILES string of the molecule is O=C1c2cccc(O)c2C(=O)c2c(O)c3c(c(O)c21)CC(C(=O)CN1CC=CCC1)CC3. The van der Waals surface area contributed by atoms with E-state index in [1.165, 1.54) is 18.2 Å². The molecule has 0 spiro atoms. The number of rotatable bonds is 3. The van der Waals surface area contributed by atoms with E-state index in [4.69, 9.17) is 0 Å². The van der Waals surface area contributed by atoms with Crippen molar-refractivity contribution in [1.29, 1.82) is 0 Å². The van der Waals surface area contributed by atoms with Gasteiger partial charge in [-0.05, 0) is 31.7 Å². The summed E-state index contributed by atoms with van der Waals surface area (Å²) >= 11 is 0. The number of aromatic hydroxyl groups is 3. The summed E-state index contributed by atoms with van der Waals surface area (Å²) in [6.07, 6.45) is 6.06. The van der Waals surface area contributed by atoms with Crippen molar-refractivity contribution in [3.63, 3.8) is 0 Å². The molecule has 0 fully saturated rings. The van der Waals surface area contributed by atoms with Gasteiger partial charge in [0.1, 0.15) is 23.0 Å². The summed E-state index contributed by atoms with van der Waals surface area (Å²) in [6, 6.07) is 4.16. The van der Waals surface area contributed by atoms with Gasteiger partial charge in [-0.1, -0.05) is 24.3 Å². The standard InChI is InChI=1S/C25H23NO6/c27-17-6-4-5-15-19(17)25(32)21-20(23(15)30)24(31)16-11-13(7-8-14(16)22(21)29)18(28)12-26-9-2-1-3-10-26/h1-2,4-6,13,27,29,31H,3,7-12H2. The third-order valence-corrected chi connectivity index (χ3v) is 6.80. The zero-order valence-electron chi connectivity index (χ0n) is 17.4. The lowest BCUT2D eigenvalue weighted by molar-refractivity contribution is -0.124. The van der Waals surface area contributed by atoms with Crippen molar-refractivity contribution in [3.8, 4) is 17.2 Å². The van der Waals surface area contributed by atoms with Crippen LogP contribution in [0.15, 0.2) is 30.4 Å². The first kappa shape index (κ1) is 20.5. The van der Waals surface area contributed by atoms with Crippen LogP contribution in [0.5, 0.6) is 17.2 Å². The number of Topliss-reactive ketones (excluding diaryl/α,β-unsaturated/α-hetero) is 1. The first-order chi connectivity index (χ1) is 15.4. The van der Waals surface area contributed by atoms with Crippen LogP contribution in [0.4, 0.5) is 0 Å². The fourth-order valence-electron chi connectivity index (χ4n) is 5.11. The van der Waals surface area contributed by atoms with E-state index in [1.807, 2.05) is 6.08 Å². The van der Waals surface area contributed by atoms with Gasteiger partial charge in [-0.3, -0.25) is 19.3 Å². The van der Waals surface area contributed by atoms with Gasteiger partial charge in [0.2, 0.25) is 5.78 Å². The Labute approximate surface area is 184 Å². The number of phenols is 3. The molecule has 0 bridgehead atoms. The van der Waals surface area contributed by atoms with Gasteiger partial charge < -0.3 is 15.3 Å². The summed E-state index contributed by atoms with van der Waals surface area (Å²) < 4.78 is 0. The lowest BCUT2D eigenvalue weighted by Crippen LogP contribution is -2.37. The topological polar surface area (TPSA) is 115 Å². The maximum absolute atomic E-state index is 13.1. The van der Waals surface area contributed by atoms with Crippen molar-refractivity contribution in [2.45, 2.75) is 25.7 Å². The summed E-state index contributed by atoms with van der Waals surface area (Å²) in [7, 11) is 0. The van der Waals surface area contributed by atoms with E-state index in [9.17, 15) is 29.7 Å². The van der Waals surface area contributed by atoms with E-state index in [0.717, 1.165) is 19.5 Å². The molecule has 0 aromatic heterocycles. The van der Waals surface area contributed by atoms with Crippen molar-refractivity contribution in [2.24, 2.45) is 5.92 Å². The fourth-order valence-corrected chi connectivity index (χ4v) is 5.11. The lowest BCUT2D eigenvalue weighted by atomic mass is 9.74. The number of nitrogens with zero attached hydrogens (tertiary/aromatic N) is 1. The Kier molecular flexibility index (Phi) is 4.86. The predicted molar refractivity (Wildman–Crippen MR) is 115 cm³/mol. The van der Waals surface area contributed by atoms with E-state index >= 15 is 0 Å². The van der Waals surface area contributed by atoms with Gasteiger partial charge in [-0.15, -0.1) is 0 Å². The molecule has 2 aromatic carbocycles. The Bertz CT molecular complexity index is 1210. The summed E-state index contributed by atoms with van der Waals surface area (Å²) in [5.41, 5.74) is 0.0435. The average Bonchev–Trinajstić information content (AvgIpc) is 2.80. The third-order valence-electron chi connectivity index (χ3n) is 6.80. The van der Waals surface area contributed by atoms with E-state index < -0.39 is 11.6 Å². The van der Waals surface area contributed by atoms with E-state index in [0.29, 0.717) is 30.5 Å². The van der Waals surface area contributed by atoms with E-state index in [1.54, 1.807) is 0 Å². The average molecular weight is 433 g/mol. The minimum absolute atomic E-state index is 0.0151. The maximum atomic E-state index is 13.1. The van der Waals surface area contributed by atoms with Gasteiger partial charge in [-0.2, -0.15) is 0 Å². The largest absolute Gasteiger partial charge is 0.507 e. The summed E-state index contributed by atoms with van der Waals surface area (Å²) in [6.45, 7) is 1.89. The molecule has 1 aliphatic heterocycles. The molecule has 0 radical (unpaired) electrons. The maximum Gasteiger partial charge on any atom is 0.202 e. The van der Waals surface area contributed by atoms with Gasteiger partial charge in [-0.25, -0.2) is 0 Å². The molecule has 7 nitrogen and oxygen atoms in total. The summed E-state index contributed by atoms with van der Waals surface area (Å²) in [4.78, 5) is 41.2. The molecule has 1 atom stereocenters. The van der Waals surface area contributed by atoms with E-state index in [2.05, 4.69) is 11.0 Å². The molecular formula is C25H23NO6. The molecular weight excluding hydrogens is 410 g/mol. The number of phenolic OH excluding ortho intramolecular Hbond substituents is 3. The van der Waals surface area contributed by atoms with Crippen LogP contribution in [0.3, 0.4) is 0 Å². The molecule has 2 aromatic rings. The number of ketones is 3. The Balaban J connectivity index is 1.52. The molecule has 7 heteroatoms. The highest BCUT2D eigenvalue weighted by Gasteiger charge is 2.40. The van der Waals surface area contributed by atoms with E-state index in [-0.39, 0.29) is 57.6 Å². The molecule has 1 unspecified atom stereocenters. The Morgan fingerprint density at radius 3 is 2.47 bits per heavy atom. The van der Waals surface area contributed by atoms with Crippen LogP contribution in [-0.2, 0) is 17.6 Å². The minimum Gasteiger partial charge on any atom is -0.507 e. The van der Waals surface area contributed by atoms with Crippen molar-refractivity contribution >= 4 is 17.3 Å².